The molecule has 0 fully saturated rings. The third-order valence-corrected chi connectivity index (χ3v) is 2.73. The molecule has 6 nitrogen and oxygen atoms in total. The maximum Gasteiger partial charge on any atom is 0.251 e. The van der Waals surface area contributed by atoms with E-state index < -0.39 is 0 Å². The molecule has 0 bridgehead atoms. The van der Waals surface area contributed by atoms with Gasteiger partial charge in [-0.15, -0.1) is 0 Å². The van der Waals surface area contributed by atoms with E-state index in [-0.39, 0.29) is 24.1 Å². The van der Waals surface area contributed by atoms with Crippen LogP contribution in [0.1, 0.15) is 10.4 Å². The Morgan fingerprint density at radius 3 is 2.24 bits per heavy atom. The summed E-state index contributed by atoms with van der Waals surface area (Å²) in [6, 6.07) is 12.5. The van der Waals surface area contributed by atoms with Crippen molar-refractivity contribution in [2.45, 2.75) is 0 Å². The van der Waals surface area contributed by atoms with Gasteiger partial charge in [0.1, 0.15) is 5.75 Å². The number of nitrogens with one attached hydrogen (secondary N) is 2. The third kappa shape index (κ3) is 4.24. The number of rotatable bonds is 4. The lowest BCUT2D eigenvalue weighted by molar-refractivity contribution is -0.115. The normalized spacial score (nSPS) is 9.90. The van der Waals surface area contributed by atoms with Gasteiger partial charge in [-0.2, -0.15) is 0 Å². The summed E-state index contributed by atoms with van der Waals surface area (Å²) < 4.78 is 0. The van der Waals surface area contributed by atoms with Gasteiger partial charge in [0.15, 0.2) is 0 Å². The number of nitrogens with two attached hydrogens (primary N) is 1. The number of nitrogen functional groups attached to an aromatic ring is 1. The lowest BCUT2D eigenvalue weighted by atomic mass is 10.2. The number of anilines is 2. The Labute approximate surface area is 121 Å². The Kier molecular flexibility index (Phi) is 4.40. The fraction of sp³-hybridized carbons (Fsp3) is 0.0667. The first kappa shape index (κ1) is 14.4. The molecule has 0 heterocycles. The second kappa shape index (κ2) is 6.42. The van der Waals surface area contributed by atoms with Gasteiger partial charge in [-0.25, -0.2) is 0 Å². The Hall–Kier alpha value is -3.02. The van der Waals surface area contributed by atoms with Crippen LogP contribution in [0, 0.1) is 0 Å². The molecule has 0 unspecified atom stereocenters. The quantitative estimate of drug-likeness (QED) is 0.502. The molecule has 0 saturated heterocycles. The second-order valence-electron chi connectivity index (χ2n) is 4.40. The molecule has 0 aliphatic heterocycles. The minimum atomic E-state index is -0.357. The maximum atomic E-state index is 11.8. The summed E-state index contributed by atoms with van der Waals surface area (Å²) in [6.45, 7) is -0.149. The third-order valence-electron chi connectivity index (χ3n) is 2.73. The van der Waals surface area contributed by atoms with Crippen molar-refractivity contribution >= 4 is 23.2 Å². The Morgan fingerprint density at radius 2 is 1.62 bits per heavy atom. The van der Waals surface area contributed by atoms with Gasteiger partial charge in [-0.05, 0) is 48.5 Å². The lowest BCUT2D eigenvalue weighted by Gasteiger charge is -2.07. The Morgan fingerprint density at radius 1 is 1.00 bits per heavy atom. The van der Waals surface area contributed by atoms with Crippen LogP contribution in [0.2, 0.25) is 0 Å². The Balaban J connectivity index is 1.84. The number of hydrogen-bond donors (Lipinski definition) is 4. The highest BCUT2D eigenvalue weighted by atomic mass is 16.3. The fourth-order valence-corrected chi connectivity index (χ4v) is 1.65. The number of benzene rings is 2. The number of amides is 2. The molecule has 0 spiro atoms. The molecule has 0 aromatic heterocycles. The first-order chi connectivity index (χ1) is 10.0. The van der Waals surface area contributed by atoms with Crippen molar-refractivity contribution < 1.29 is 14.7 Å². The van der Waals surface area contributed by atoms with E-state index in [0.717, 1.165) is 0 Å². The minimum absolute atomic E-state index is 0.115. The molecule has 2 aromatic carbocycles. The summed E-state index contributed by atoms with van der Waals surface area (Å²) in [5, 5.41) is 14.2. The second-order valence-corrected chi connectivity index (χ2v) is 4.40. The van der Waals surface area contributed by atoms with Gasteiger partial charge in [0, 0.05) is 16.9 Å². The van der Waals surface area contributed by atoms with E-state index in [1.54, 1.807) is 36.4 Å². The van der Waals surface area contributed by atoms with E-state index in [4.69, 9.17) is 10.8 Å². The van der Waals surface area contributed by atoms with Crippen LogP contribution >= 0.6 is 0 Å². The molecule has 21 heavy (non-hydrogen) atoms. The number of carbonyl (C=O) groups excluding carboxylic acids is 2. The molecule has 0 atom stereocenters. The molecule has 0 radical (unpaired) electrons. The van der Waals surface area contributed by atoms with E-state index in [9.17, 15) is 9.59 Å². The van der Waals surface area contributed by atoms with Crippen LogP contribution in [-0.2, 0) is 4.79 Å². The first-order valence-electron chi connectivity index (χ1n) is 6.27. The zero-order valence-corrected chi connectivity index (χ0v) is 11.2. The highest BCUT2D eigenvalue weighted by Gasteiger charge is 2.08. The summed E-state index contributed by atoms with van der Waals surface area (Å²) in [5.74, 6) is -0.593. The molecule has 2 rings (SSSR count). The smallest absolute Gasteiger partial charge is 0.251 e. The standard InChI is InChI=1S/C15H15N3O3/c16-11-3-1-10(2-4-11)15(21)17-9-14(20)18-12-5-7-13(19)8-6-12/h1-8,19H,9,16H2,(H,17,21)(H,18,20). The summed E-state index contributed by atoms with van der Waals surface area (Å²) in [6.07, 6.45) is 0. The summed E-state index contributed by atoms with van der Waals surface area (Å²) in [7, 11) is 0. The molecule has 5 N–H and O–H groups in total. The van der Waals surface area contributed by atoms with Crippen LogP contribution in [0.15, 0.2) is 48.5 Å². The van der Waals surface area contributed by atoms with Gasteiger partial charge >= 0.3 is 0 Å². The monoisotopic (exact) mass is 285 g/mol. The van der Waals surface area contributed by atoms with Gasteiger partial charge in [-0.3, -0.25) is 9.59 Å². The highest BCUT2D eigenvalue weighted by molar-refractivity contribution is 5.99. The predicted molar refractivity (Wildman–Crippen MR) is 79.9 cm³/mol. The number of aromatic hydroxyl groups is 1. The maximum absolute atomic E-state index is 11.8. The molecule has 0 saturated carbocycles. The van der Waals surface area contributed by atoms with Crippen molar-refractivity contribution in [1.29, 1.82) is 0 Å². The first-order valence-corrected chi connectivity index (χ1v) is 6.27. The van der Waals surface area contributed by atoms with Crippen molar-refractivity contribution in [2.24, 2.45) is 0 Å². The zero-order chi connectivity index (χ0) is 15.2. The van der Waals surface area contributed by atoms with Gasteiger partial charge < -0.3 is 21.5 Å². The molecule has 2 amide bonds. The molecular formula is C15H15N3O3. The molecule has 0 aliphatic rings. The van der Waals surface area contributed by atoms with Gasteiger partial charge in [0.2, 0.25) is 5.91 Å². The SMILES string of the molecule is Nc1ccc(C(=O)NCC(=O)Nc2ccc(O)cc2)cc1. The predicted octanol–water partition coefficient (Wildman–Crippen LogP) is 1.34. The molecule has 108 valence electrons. The van der Waals surface area contributed by atoms with Crippen molar-refractivity contribution in [2.75, 3.05) is 17.6 Å². The number of hydrogen-bond acceptors (Lipinski definition) is 4. The number of phenolic OH excluding ortho intramolecular Hbond substituents is 1. The van der Waals surface area contributed by atoms with Crippen LogP contribution in [0.5, 0.6) is 5.75 Å². The van der Waals surface area contributed by atoms with Crippen LogP contribution in [0.3, 0.4) is 0 Å². The van der Waals surface area contributed by atoms with Gasteiger partial charge in [0.05, 0.1) is 6.54 Å². The average molecular weight is 285 g/mol. The van der Waals surface area contributed by atoms with Crippen LogP contribution in [-0.4, -0.2) is 23.5 Å². The average Bonchev–Trinajstić information content (AvgIpc) is 2.48. The van der Waals surface area contributed by atoms with Crippen LogP contribution in [0.25, 0.3) is 0 Å². The summed E-state index contributed by atoms with van der Waals surface area (Å²) in [4.78, 5) is 23.5. The van der Waals surface area contributed by atoms with E-state index in [0.29, 0.717) is 16.9 Å². The van der Waals surface area contributed by atoms with E-state index >= 15 is 0 Å². The zero-order valence-electron chi connectivity index (χ0n) is 11.2. The van der Waals surface area contributed by atoms with Crippen molar-refractivity contribution in [1.82, 2.24) is 5.32 Å². The number of carbonyl (C=O) groups is 2. The highest BCUT2D eigenvalue weighted by Crippen LogP contribution is 2.13. The molecule has 2 aromatic rings. The number of phenols is 1. The van der Waals surface area contributed by atoms with Crippen LogP contribution in [0.4, 0.5) is 11.4 Å². The molecular weight excluding hydrogens is 270 g/mol. The summed E-state index contributed by atoms with van der Waals surface area (Å²) >= 11 is 0. The Bertz CT molecular complexity index is 636. The van der Waals surface area contributed by atoms with Crippen molar-refractivity contribution in [3.8, 4) is 5.75 Å². The molecule has 0 aliphatic carbocycles. The van der Waals surface area contributed by atoms with Crippen LogP contribution < -0.4 is 16.4 Å². The van der Waals surface area contributed by atoms with E-state index in [1.165, 1.54) is 12.1 Å². The van der Waals surface area contributed by atoms with Crippen molar-refractivity contribution in [3.63, 3.8) is 0 Å². The molecule has 6 heteroatoms. The largest absolute Gasteiger partial charge is 0.508 e. The fourth-order valence-electron chi connectivity index (χ4n) is 1.65. The summed E-state index contributed by atoms with van der Waals surface area (Å²) in [5.41, 5.74) is 7.07. The van der Waals surface area contributed by atoms with Crippen molar-refractivity contribution in [3.05, 3.63) is 54.1 Å². The lowest BCUT2D eigenvalue weighted by Crippen LogP contribution is -2.32. The minimum Gasteiger partial charge on any atom is -0.508 e. The topological polar surface area (TPSA) is 104 Å². The van der Waals surface area contributed by atoms with Gasteiger partial charge in [-0.1, -0.05) is 0 Å². The van der Waals surface area contributed by atoms with Gasteiger partial charge in [0.25, 0.3) is 5.91 Å². The van der Waals surface area contributed by atoms with E-state index in [1.807, 2.05) is 0 Å². The van der Waals surface area contributed by atoms with E-state index in [2.05, 4.69) is 10.6 Å².